The average Bonchev–Trinajstić information content (AvgIpc) is 2.98. The van der Waals surface area contributed by atoms with E-state index in [2.05, 4.69) is 42.3 Å². The largest absolute Gasteiger partial charge is 0.332 e. The van der Waals surface area contributed by atoms with Crippen LogP contribution >= 0.6 is 28.3 Å². The lowest BCUT2D eigenvalue weighted by atomic mass is 10.0. The van der Waals surface area contributed by atoms with Crippen LogP contribution in [0.25, 0.3) is 11.3 Å². The molecule has 7 heteroatoms. The molecule has 2 aromatic carbocycles. The highest BCUT2D eigenvalue weighted by molar-refractivity contribution is 8.93. The van der Waals surface area contributed by atoms with E-state index in [9.17, 15) is 10.1 Å². The molecular formula is C17H16BrN3O2S. The zero-order valence-electron chi connectivity index (χ0n) is 13.1. The summed E-state index contributed by atoms with van der Waals surface area (Å²) >= 11 is 1.51. The number of nitro benzene ring substituents is 1. The van der Waals surface area contributed by atoms with Gasteiger partial charge in [-0.25, -0.2) is 4.98 Å². The fraction of sp³-hybridized carbons (Fsp3) is 0.118. The molecular weight excluding hydrogens is 390 g/mol. The Morgan fingerprint density at radius 3 is 2.50 bits per heavy atom. The molecule has 1 aromatic heterocycles. The maximum atomic E-state index is 10.7. The smallest absolute Gasteiger partial charge is 0.269 e. The number of nitrogens with zero attached hydrogens (tertiary/aromatic N) is 2. The van der Waals surface area contributed by atoms with Crippen LogP contribution in [0.15, 0.2) is 47.8 Å². The summed E-state index contributed by atoms with van der Waals surface area (Å²) in [6, 6.07) is 12.6. The van der Waals surface area contributed by atoms with Crippen molar-refractivity contribution in [1.82, 2.24) is 4.98 Å². The highest BCUT2D eigenvalue weighted by atomic mass is 79.9. The number of thiazole rings is 1. The van der Waals surface area contributed by atoms with Gasteiger partial charge in [0.15, 0.2) is 5.13 Å². The topological polar surface area (TPSA) is 68.1 Å². The monoisotopic (exact) mass is 405 g/mol. The molecule has 0 saturated carbocycles. The van der Waals surface area contributed by atoms with E-state index in [0.29, 0.717) is 0 Å². The summed E-state index contributed by atoms with van der Waals surface area (Å²) in [6.45, 7) is 4.13. The Balaban J connectivity index is 0.00000208. The Bertz CT molecular complexity index is 863. The summed E-state index contributed by atoms with van der Waals surface area (Å²) in [6.07, 6.45) is 0. The van der Waals surface area contributed by atoms with Crippen molar-refractivity contribution in [1.29, 1.82) is 0 Å². The van der Waals surface area contributed by atoms with Gasteiger partial charge in [0.25, 0.3) is 5.69 Å². The number of benzene rings is 2. The molecule has 0 saturated heterocycles. The lowest BCUT2D eigenvalue weighted by Gasteiger charge is -2.04. The van der Waals surface area contributed by atoms with Crippen LogP contribution in [0.1, 0.15) is 11.1 Å². The van der Waals surface area contributed by atoms with Crippen LogP contribution in [0.4, 0.5) is 16.5 Å². The molecule has 5 nitrogen and oxygen atoms in total. The second kappa shape index (κ2) is 7.55. The number of halogens is 1. The second-order valence-electron chi connectivity index (χ2n) is 5.29. The second-order valence-corrected chi connectivity index (χ2v) is 6.14. The molecule has 124 valence electrons. The minimum atomic E-state index is -0.411. The van der Waals surface area contributed by atoms with Crippen molar-refractivity contribution in [3.8, 4) is 11.3 Å². The van der Waals surface area contributed by atoms with Gasteiger partial charge >= 0.3 is 0 Å². The molecule has 0 fully saturated rings. The predicted octanol–water partition coefficient (Wildman–Crippen LogP) is 5.66. The maximum absolute atomic E-state index is 10.7. The summed E-state index contributed by atoms with van der Waals surface area (Å²) in [5, 5.41) is 16.6. The summed E-state index contributed by atoms with van der Waals surface area (Å²) in [7, 11) is 0. The van der Waals surface area contributed by atoms with Crippen molar-refractivity contribution >= 4 is 44.8 Å². The van der Waals surface area contributed by atoms with E-state index in [-0.39, 0.29) is 22.7 Å². The van der Waals surface area contributed by atoms with Gasteiger partial charge in [-0.3, -0.25) is 10.1 Å². The number of hydrogen-bond acceptors (Lipinski definition) is 5. The highest BCUT2D eigenvalue weighted by Gasteiger charge is 2.09. The lowest BCUT2D eigenvalue weighted by molar-refractivity contribution is -0.384. The van der Waals surface area contributed by atoms with Crippen molar-refractivity contribution in [2.24, 2.45) is 0 Å². The molecule has 24 heavy (non-hydrogen) atoms. The van der Waals surface area contributed by atoms with Gasteiger partial charge in [-0.2, -0.15) is 0 Å². The van der Waals surface area contributed by atoms with E-state index >= 15 is 0 Å². The molecule has 0 spiro atoms. The molecule has 1 heterocycles. The summed E-state index contributed by atoms with van der Waals surface area (Å²) in [4.78, 5) is 14.9. The van der Waals surface area contributed by atoms with Crippen LogP contribution in [0.5, 0.6) is 0 Å². The molecule has 0 atom stereocenters. The van der Waals surface area contributed by atoms with Gasteiger partial charge in [0.2, 0.25) is 0 Å². The first-order valence-electron chi connectivity index (χ1n) is 7.07. The molecule has 1 N–H and O–H groups in total. The van der Waals surface area contributed by atoms with E-state index in [1.165, 1.54) is 34.6 Å². The van der Waals surface area contributed by atoms with Gasteiger partial charge < -0.3 is 5.32 Å². The van der Waals surface area contributed by atoms with Gasteiger partial charge in [0, 0.05) is 28.8 Å². The average molecular weight is 406 g/mol. The summed E-state index contributed by atoms with van der Waals surface area (Å²) < 4.78 is 0. The maximum Gasteiger partial charge on any atom is 0.269 e. The number of anilines is 2. The molecule has 0 bridgehead atoms. The SMILES string of the molecule is Br.Cc1ccc(C)c(-c2csc(Nc3ccc([N+](=O)[O-])cc3)n2)c1. The standard InChI is InChI=1S/C17H15N3O2S.BrH/c1-11-3-4-12(2)15(9-11)16-10-23-17(19-16)18-13-5-7-14(8-6-13)20(21)22;/h3-10H,1-2H3,(H,18,19);1H. The van der Waals surface area contributed by atoms with E-state index in [1.807, 2.05) is 5.38 Å². The molecule has 3 rings (SSSR count). The zero-order valence-corrected chi connectivity index (χ0v) is 15.7. The van der Waals surface area contributed by atoms with Crippen LogP contribution in [-0.4, -0.2) is 9.91 Å². The first kappa shape index (κ1) is 18.1. The van der Waals surface area contributed by atoms with E-state index in [4.69, 9.17) is 0 Å². The van der Waals surface area contributed by atoms with Gasteiger partial charge in [-0.05, 0) is 37.6 Å². The number of nitrogens with one attached hydrogen (secondary N) is 1. The Labute approximate surface area is 154 Å². The van der Waals surface area contributed by atoms with Gasteiger partial charge in [0.1, 0.15) is 0 Å². The minimum absolute atomic E-state index is 0. The van der Waals surface area contributed by atoms with Crippen LogP contribution in [0, 0.1) is 24.0 Å². The Hall–Kier alpha value is -2.25. The zero-order chi connectivity index (χ0) is 16.4. The number of nitro groups is 1. The minimum Gasteiger partial charge on any atom is -0.332 e. The molecule has 0 unspecified atom stereocenters. The van der Waals surface area contributed by atoms with Crippen molar-refractivity contribution < 1.29 is 4.92 Å². The van der Waals surface area contributed by atoms with Crippen LogP contribution in [-0.2, 0) is 0 Å². The number of non-ortho nitro benzene ring substituents is 1. The highest BCUT2D eigenvalue weighted by Crippen LogP contribution is 2.30. The lowest BCUT2D eigenvalue weighted by Crippen LogP contribution is -1.92. The van der Waals surface area contributed by atoms with E-state index in [0.717, 1.165) is 22.1 Å². The molecule has 0 aliphatic rings. The van der Waals surface area contributed by atoms with Gasteiger partial charge in [0.05, 0.1) is 10.6 Å². The third-order valence-electron chi connectivity index (χ3n) is 3.50. The fourth-order valence-electron chi connectivity index (χ4n) is 2.26. The van der Waals surface area contributed by atoms with E-state index in [1.54, 1.807) is 12.1 Å². The molecule has 0 aliphatic carbocycles. The third kappa shape index (κ3) is 3.98. The quantitative estimate of drug-likeness (QED) is 0.449. The van der Waals surface area contributed by atoms with Crippen molar-refractivity contribution in [2.75, 3.05) is 5.32 Å². The molecule has 0 aliphatic heterocycles. The van der Waals surface area contributed by atoms with Crippen molar-refractivity contribution in [3.63, 3.8) is 0 Å². The Morgan fingerprint density at radius 1 is 1.12 bits per heavy atom. The predicted molar refractivity (Wildman–Crippen MR) is 104 cm³/mol. The Morgan fingerprint density at radius 2 is 1.83 bits per heavy atom. The first-order chi connectivity index (χ1) is 11.0. The molecule has 0 amide bonds. The number of hydrogen-bond donors (Lipinski definition) is 1. The van der Waals surface area contributed by atoms with Gasteiger partial charge in [-0.1, -0.05) is 17.7 Å². The fourth-order valence-corrected chi connectivity index (χ4v) is 2.99. The summed E-state index contributed by atoms with van der Waals surface area (Å²) in [5.74, 6) is 0. The van der Waals surface area contributed by atoms with Crippen molar-refractivity contribution in [2.45, 2.75) is 13.8 Å². The van der Waals surface area contributed by atoms with E-state index < -0.39 is 4.92 Å². The van der Waals surface area contributed by atoms with Crippen LogP contribution < -0.4 is 5.32 Å². The number of aryl methyl sites for hydroxylation is 2. The molecule has 0 radical (unpaired) electrons. The Kier molecular flexibility index (Phi) is 5.69. The van der Waals surface area contributed by atoms with Gasteiger partial charge in [-0.15, -0.1) is 28.3 Å². The normalized spacial score (nSPS) is 10.1. The first-order valence-corrected chi connectivity index (χ1v) is 7.95. The number of rotatable bonds is 4. The van der Waals surface area contributed by atoms with Crippen LogP contribution in [0.2, 0.25) is 0 Å². The summed E-state index contributed by atoms with van der Waals surface area (Å²) in [5.41, 5.74) is 5.29. The third-order valence-corrected chi connectivity index (χ3v) is 4.26. The van der Waals surface area contributed by atoms with Crippen LogP contribution in [0.3, 0.4) is 0 Å². The molecule has 3 aromatic rings. The van der Waals surface area contributed by atoms with Crippen molar-refractivity contribution in [3.05, 3.63) is 69.1 Å². The number of aromatic nitrogens is 1.